The first kappa shape index (κ1) is 18.4. The van der Waals surface area contributed by atoms with Crippen molar-refractivity contribution in [3.63, 3.8) is 0 Å². The lowest BCUT2D eigenvalue weighted by Gasteiger charge is -2.26. The SMILES string of the molecule is O=C(CCn1ccccc1=O)Nc1ccc(CCN2CCOCC2)cc1. The molecule has 0 bridgehead atoms. The first-order valence-electron chi connectivity index (χ1n) is 9.05. The molecule has 1 N–H and O–H groups in total. The van der Waals surface area contributed by atoms with Gasteiger partial charge in [-0.15, -0.1) is 0 Å². The number of benzene rings is 1. The van der Waals surface area contributed by atoms with Crippen LogP contribution in [0.3, 0.4) is 0 Å². The van der Waals surface area contributed by atoms with Gasteiger partial charge >= 0.3 is 0 Å². The molecule has 3 rings (SSSR count). The molecule has 6 nitrogen and oxygen atoms in total. The van der Waals surface area contributed by atoms with E-state index in [9.17, 15) is 9.59 Å². The zero-order valence-corrected chi connectivity index (χ0v) is 14.9. The standard InChI is InChI=1S/C20H25N3O3/c24-19(9-12-23-10-2-1-3-20(23)25)21-18-6-4-17(5-7-18)8-11-22-13-15-26-16-14-22/h1-7,10H,8-9,11-16H2,(H,21,24). The minimum Gasteiger partial charge on any atom is -0.379 e. The van der Waals surface area contributed by atoms with Gasteiger partial charge in [-0.3, -0.25) is 14.5 Å². The zero-order valence-electron chi connectivity index (χ0n) is 14.9. The Hall–Kier alpha value is -2.44. The summed E-state index contributed by atoms with van der Waals surface area (Å²) in [7, 11) is 0. The minimum atomic E-state index is -0.0955. The average Bonchev–Trinajstić information content (AvgIpc) is 2.68. The quantitative estimate of drug-likeness (QED) is 0.822. The molecule has 2 aromatic rings. The number of morpholine rings is 1. The Labute approximate surface area is 153 Å². The Morgan fingerprint density at radius 3 is 2.54 bits per heavy atom. The minimum absolute atomic E-state index is 0.0927. The Balaban J connectivity index is 1.43. The molecule has 0 atom stereocenters. The van der Waals surface area contributed by atoms with Crippen molar-refractivity contribution in [3.05, 3.63) is 64.6 Å². The molecule has 0 radical (unpaired) electrons. The van der Waals surface area contributed by atoms with Crippen molar-refractivity contribution in [2.75, 3.05) is 38.2 Å². The molecule has 1 aromatic carbocycles. The number of hydrogen-bond acceptors (Lipinski definition) is 4. The fraction of sp³-hybridized carbons (Fsp3) is 0.400. The number of carbonyl (C=O) groups is 1. The van der Waals surface area contributed by atoms with E-state index in [0.29, 0.717) is 6.54 Å². The lowest BCUT2D eigenvalue weighted by molar-refractivity contribution is -0.116. The maximum Gasteiger partial charge on any atom is 0.250 e. The number of rotatable bonds is 7. The monoisotopic (exact) mass is 355 g/mol. The third-order valence-corrected chi connectivity index (χ3v) is 4.54. The molecule has 0 unspecified atom stereocenters. The van der Waals surface area contributed by atoms with Crippen LogP contribution < -0.4 is 10.9 Å². The fourth-order valence-corrected chi connectivity index (χ4v) is 2.96. The van der Waals surface area contributed by atoms with Gasteiger partial charge < -0.3 is 14.6 Å². The van der Waals surface area contributed by atoms with Crippen molar-refractivity contribution in [1.29, 1.82) is 0 Å². The molecular formula is C20H25N3O3. The van der Waals surface area contributed by atoms with Gasteiger partial charge in [0.05, 0.1) is 13.2 Å². The number of hydrogen-bond donors (Lipinski definition) is 1. The van der Waals surface area contributed by atoms with Crippen molar-refractivity contribution < 1.29 is 9.53 Å². The normalized spacial score (nSPS) is 14.9. The van der Waals surface area contributed by atoms with Gasteiger partial charge in [0, 0.05) is 50.6 Å². The highest BCUT2D eigenvalue weighted by atomic mass is 16.5. The first-order chi connectivity index (χ1) is 12.7. The highest BCUT2D eigenvalue weighted by Gasteiger charge is 2.10. The summed E-state index contributed by atoms with van der Waals surface area (Å²) in [5.41, 5.74) is 1.95. The molecule has 1 aliphatic rings. The molecule has 26 heavy (non-hydrogen) atoms. The van der Waals surface area contributed by atoms with Crippen LogP contribution in [0.2, 0.25) is 0 Å². The third kappa shape index (κ3) is 5.54. The van der Waals surface area contributed by atoms with E-state index < -0.39 is 0 Å². The highest BCUT2D eigenvalue weighted by molar-refractivity contribution is 5.90. The Bertz CT molecular complexity index is 764. The maximum atomic E-state index is 12.1. The Morgan fingerprint density at radius 2 is 1.81 bits per heavy atom. The second kappa shape index (κ2) is 9.31. The Morgan fingerprint density at radius 1 is 1.04 bits per heavy atom. The van der Waals surface area contributed by atoms with E-state index in [1.807, 2.05) is 12.1 Å². The van der Waals surface area contributed by atoms with Crippen LogP contribution in [-0.4, -0.2) is 48.2 Å². The van der Waals surface area contributed by atoms with Gasteiger partial charge in [-0.1, -0.05) is 18.2 Å². The summed E-state index contributed by atoms with van der Waals surface area (Å²) in [5.74, 6) is -0.0955. The first-order valence-corrected chi connectivity index (χ1v) is 9.05. The van der Waals surface area contributed by atoms with Gasteiger partial charge in [0.1, 0.15) is 0 Å². The number of ether oxygens (including phenoxy) is 1. The lowest BCUT2D eigenvalue weighted by Crippen LogP contribution is -2.37. The molecular weight excluding hydrogens is 330 g/mol. The number of nitrogens with one attached hydrogen (secondary N) is 1. The summed E-state index contributed by atoms with van der Waals surface area (Å²) < 4.78 is 6.89. The number of aromatic nitrogens is 1. The molecule has 2 heterocycles. The van der Waals surface area contributed by atoms with Crippen molar-refractivity contribution in [3.8, 4) is 0 Å². The number of pyridine rings is 1. The number of nitrogens with zero attached hydrogens (tertiary/aromatic N) is 2. The van der Waals surface area contributed by atoms with Crippen LogP contribution in [0, 0.1) is 0 Å². The van der Waals surface area contributed by atoms with Crippen LogP contribution >= 0.6 is 0 Å². The van der Waals surface area contributed by atoms with Crippen molar-refractivity contribution in [2.45, 2.75) is 19.4 Å². The van der Waals surface area contributed by atoms with E-state index in [4.69, 9.17) is 4.74 Å². The number of amides is 1. The predicted octanol–water partition coefficient (Wildman–Crippen LogP) is 1.75. The second-order valence-electron chi connectivity index (χ2n) is 6.43. The molecule has 1 fully saturated rings. The summed E-state index contributed by atoms with van der Waals surface area (Å²) >= 11 is 0. The van der Waals surface area contributed by atoms with E-state index in [0.717, 1.165) is 45.0 Å². The van der Waals surface area contributed by atoms with Gasteiger partial charge in [0.15, 0.2) is 0 Å². The average molecular weight is 355 g/mol. The van der Waals surface area contributed by atoms with E-state index in [2.05, 4.69) is 22.3 Å². The number of aryl methyl sites for hydroxylation is 1. The Kier molecular flexibility index (Phi) is 6.57. The van der Waals surface area contributed by atoms with Crippen LogP contribution in [0.15, 0.2) is 53.5 Å². The van der Waals surface area contributed by atoms with Gasteiger partial charge in [-0.2, -0.15) is 0 Å². The third-order valence-electron chi connectivity index (χ3n) is 4.54. The zero-order chi connectivity index (χ0) is 18.2. The van der Waals surface area contributed by atoms with E-state index in [1.165, 1.54) is 16.2 Å². The summed E-state index contributed by atoms with van der Waals surface area (Å²) in [4.78, 5) is 26.1. The molecule has 0 spiro atoms. The second-order valence-corrected chi connectivity index (χ2v) is 6.43. The fourth-order valence-electron chi connectivity index (χ4n) is 2.96. The molecule has 0 aliphatic carbocycles. The topological polar surface area (TPSA) is 63.6 Å². The van der Waals surface area contributed by atoms with Crippen LogP contribution in [0.25, 0.3) is 0 Å². The molecule has 1 saturated heterocycles. The van der Waals surface area contributed by atoms with Crippen LogP contribution in [0.1, 0.15) is 12.0 Å². The number of carbonyl (C=O) groups excluding carboxylic acids is 1. The largest absolute Gasteiger partial charge is 0.379 e. The van der Waals surface area contributed by atoms with Gasteiger partial charge in [0.25, 0.3) is 5.56 Å². The van der Waals surface area contributed by atoms with E-state index in [-0.39, 0.29) is 17.9 Å². The smallest absolute Gasteiger partial charge is 0.250 e. The molecule has 6 heteroatoms. The molecule has 138 valence electrons. The van der Waals surface area contributed by atoms with E-state index >= 15 is 0 Å². The molecule has 1 aliphatic heterocycles. The van der Waals surface area contributed by atoms with Crippen molar-refractivity contribution >= 4 is 11.6 Å². The lowest BCUT2D eigenvalue weighted by atomic mass is 10.1. The van der Waals surface area contributed by atoms with Crippen LogP contribution in [-0.2, 0) is 22.5 Å². The summed E-state index contributed by atoms with van der Waals surface area (Å²) in [6.07, 6.45) is 2.95. The van der Waals surface area contributed by atoms with Crippen molar-refractivity contribution in [2.24, 2.45) is 0 Å². The number of anilines is 1. The maximum absolute atomic E-state index is 12.1. The summed E-state index contributed by atoms with van der Waals surface area (Å²) in [5, 5.41) is 2.88. The van der Waals surface area contributed by atoms with Gasteiger partial charge in [-0.05, 0) is 30.2 Å². The summed E-state index contributed by atoms with van der Waals surface area (Å²) in [6, 6.07) is 12.9. The molecule has 1 amide bonds. The van der Waals surface area contributed by atoms with Crippen molar-refractivity contribution in [1.82, 2.24) is 9.47 Å². The molecule has 1 aromatic heterocycles. The van der Waals surface area contributed by atoms with Gasteiger partial charge in [-0.25, -0.2) is 0 Å². The van der Waals surface area contributed by atoms with Gasteiger partial charge in [0.2, 0.25) is 5.91 Å². The van der Waals surface area contributed by atoms with Crippen LogP contribution in [0.5, 0.6) is 0 Å². The summed E-state index contributed by atoms with van der Waals surface area (Å²) in [6.45, 7) is 5.04. The predicted molar refractivity (Wildman–Crippen MR) is 101 cm³/mol. The van der Waals surface area contributed by atoms with Crippen LogP contribution in [0.4, 0.5) is 5.69 Å². The van der Waals surface area contributed by atoms with E-state index in [1.54, 1.807) is 18.3 Å². The highest BCUT2D eigenvalue weighted by Crippen LogP contribution is 2.11. The molecule has 0 saturated carbocycles.